The van der Waals surface area contributed by atoms with E-state index in [1.54, 1.807) is 43.5 Å². The van der Waals surface area contributed by atoms with E-state index >= 15 is 0 Å². The van der Waals surface area contributed by atoms with Crippen LogP contribution in [0.4, 0.5) is 13.2 Å². The molecule has 0 atom stereocenters. The largest absolute Gasteiger partial charge is 0.573 e. The van der Waals surface area contributed by atoms with E-state index in [0.29, 0.717) is 44.7 Å². The molecule has 0 aliphatic rings. The zero-order valence-corrected chi connectivity index (χ0v) is 25.6. The van der Waals surface area contributed by atoms with Gasteiger partial charge in [-0.15, -0.1) is 13.2 Å². The van der Waals surface area contributed by atoms with Crippen molar-refractivity contribution in [2.75, 3.05) is 0 Å². The maximum atomic E-state index is 12.3. The van der Waals surface area contributed by atoms with Gasteiger partial charge >= 0.3 is 15.0 Å². The Kier molecular flexibility index (Phi) is 10.6. The molecule has 10 heteroatoms. The summed E-state index contributed by atoms with van der Waals surface area (Å²) in [4.78, 5) is 27.8. The minimum atomic E-state index is -4.75. The molecule has 6 aromatic rings. The van der Waals surface area contributed by atoms with Crippen molar-refractivity contribution >= 4 is 19.5 Å². The molecule has 46 heavy (non-hydrogen) atoms. The van der Waals surface area contributed by atoms with E-state index in [0.717, 1.165) is 12.8 Å². The first-order valence-electron chi connectivity index (χ1n) is 14.3. The Bertz CT molecular complexity index is 1810. The number of aromatic nitrogens is 2. The summed E-state index contributed by atoms with van der Waals surface area (Å²) in [6.07, 6.45) is -0.901. The summed E-state index contributed by atoms with van der Waals surface area (Å²) in [5, 5.41) is 0.648. The molecule has 0 spiro atoms. The SMILES string of the molecule is Cc1c(-c2ccc(-c3ccc(OC(F)(F)F)cc3)nc2)nc2ccccc2c1OP(O)O.c1ccc(CCc2ccccc2)cc1. The molecule has 0 bridgehead atoms. The van der Waals surface area contributed by atoms with Gasteiger partial charge in [0.15, 0.2) is 0 Å². The number of pyridine rings is 2. The number of hydrogen-bond donors (Lipinski definition) is 2. The van der Waals surface area contributed by atoms with Crippen LogP contribution in [0, 0.1) is 6.92 Å². The highest BCUT2D eigenvalue weighted by atomic mass is 31.2. The average Bonchev–Trinajstić information content (AvgIpc) is 3.06. The fourth-order valence-corrected chi connectivity index (χ4v) is 5.27. The summed E-state index contributed by atoms with van der Waals surface area (Å²) in [6, 6.07) is 37.3. The van der Waals surface area contributed by atoms with Crippen molar-refractivity contribution in [3.8, 4) is 34.0 Å². The molecule has 0 saturated carbocycles. The molecular formula is C36H30F3N2O4P. The van der Waals surface area contributed by atoms with Crippen LogP contribution in [0.25, 0.3) is 33.4 Å². The maximum absolute atomic E-state index is 12.3. The fraction of sp³-hybridized carbons (Fsp3) is 0.111. The van der Waals surface area contributed by atoms with Crippen molar-refractivity contribution < 1.29 is 32.2 Å². The van der Waals surface area contributed by atoms with Gasteiger partial charge in [0.1, 0.15) is 11.5 Å². The van der Waals surface area contributed by atoms with Gasteiger partial charge in [-0.1, -0.05) is 72.8 Å². The van der Waals surface area contributed by atoms with Crippen LogP contribution in [-0.4, -0.2) is 26.1 Å². The summed E-state index contributed by atoms with van der Waals surface area (Å²) in [5.41, 5.74) is 6.45. The van der Waals surface area contributed by atoms with Gasteiger partial charge in [-0.05, 0) is 79.4 Å². The molecule has 234 valence electrons. The lowest BCUT2D eigenvalue weighted by molar-refractivity contribution is -0.274. The number of ether oxygens (including phenoxy) is 1. The average molecular weight is 643 g/mol. The van der Waals surface area contributed by atoms with Crippen molar-refractivity contribution in [2.45, 2.75) is 26.1 Å². The van der Waals surface area contributed by atoms with Gasteiger partial charge in [-0.3, -0.25) is 4.98 Å². The number of rotatable bonds is 8. The molecule has 2 heterocycles. The van der Waals surface area contributed by atoms with Gasteiger partial charge in [-0.25, -0.2) is 4.98 Å². The number of nitrogens with zero attached hydrogens (tertiary/aromatic N) is 2. The van der Waals surface area contributed by atoms with E-state index in [1.165, 1.54) is 35.4 Å². The predicted octanol–water partition coefficient (Wildman–Crippen LogP) is 9.23. The van der Waals surface area contributed by atoms with Crippen molar-refractivity contribution in [3.63, 3.8) is 0 Å². The lowest BCUT2D eigenvalue weighted by Crippen LogP contribution is -2.16. The highest BCUT2D eigenvalue weighted by molar-refractivity contribution is 7.39. The zero-order valence-electron chi connectivity index (χ0n) is 24.7. The second kappa shape index (κ2) is 15.0. The van der Waals surface area contributed by atoms with E-state index < -0.39 is 15.0 Å². The minimum Gasteiger partial charge on any atom is -0.426 e. The Labute approximate surface area is 265 Å². The van der Waals surface area contributed by atoms with Crippen LogP contribution in [0.15, 0.2) is 128 Å². The van der Waals surface area contributed by atoms with Crippen molar-refractivity contribution in [1.29, 1.82) is 0 Å². The highest BCUT2D eigenvalue weighted by Gasteiger charge is 2.31. The Morgan fingerprint density at radius 3 is 1.80 bits per heavy atom. The first-order valence-corrected chi connectivity index (χ1v) is 15.5. The Morgan fingerprint density at radius 1 is 0.696 bits per heavy atom. The van der Waals surface area contributed by atoms with Gasteiger partial charge in [0.25, 0.3) is 0 Å². The number of alkyl halides is 3. The molecule has 0 radical (unpaired) electrons. The third-order valence-corrected chi connectivity index (χ3v) is 7.40. The molecule has 4 aromatic carbocycles. The molecule has 6 rings (SSSR count). The summed E-state index contributed by atoms with van der Waals surface area (Å²) < 4.78 is 46.1. The Hall–Kier alpha value is -4.82. The number of para-hydroxylation sites is 1. The molecular weight excluding hydrogens is 612 g/mol. The van der Waals surface area contributed by atoms with E-state index in [1.807, 2.05) is 6.07 Å². The van der Waals surface area contributed by atoms with Crippen molar-refractivity contribution in [3.05, 3.63) is 144 Å². The first kappa shape index (κ1) is 32.6. The molecule has 0 unspecified atom stereocenters. The van der Waals surface area contributed by atoms with E-state index in [4.69, 9.17) is 4.52 Å². The van der Waals surface area contributed by atoms with Crippen LogP contribution in [-0.2, 0) is 12.8 Å². The van der Waals surface area contributed by atoms with Crippen LogP contribution >= 0.6 is 8.60 Å². The van der Waals surface area contributed by atoms with E-state index in [-0.39, 0.29) is 5.75 Å². The van der Waals surface area contributed by atoms with Crippen LogP contribution in [0.1, 0.15) is 16.7 Å². The molecule has 2 N–H and O–H groups in total. The zero-order chi connectivity index (χ0) is 32.5. The number of fused-ring (bicyclic) bond motifs is 1. The summed E-state index contributed by atoms with van der Waals surface area (Å²) >= 11 is 0. The topological polar surface area (TPSA) is 84.7 Å². The standard InChI is InChI=1S/C22H16F3N2O4P.C14H14/c1-13-20(27-19-5-3-2-4-17(19)21(13)31-32(28)29)15-8-11-18(26-12-15)14-6-9-16(10-7-14)30-22(23,24)25;1-3-7-13(8-4-1)11-12-14-9-5-2-6-10-14/h2-12,28-29H,1H3;1-10H,11-12H2. The molecule has 6 nitrogen and oxygen atoms in total. The first-order chi connectivity index (χ1) is 22.2. The summed E-state index contributed by atoms with van der Waals surface area (Å²) in [7, 11) is -2.62. The van der Waals surface area contributed by atoms with E-state index in [2.05, 4.69) is 75.4 Å². The Balaban J connectivity index is 0.000000247. The molecule has 0 aliphatic heterocycles. The van der Waals surface area contributed by atoms with Crippen LogP contribution in [0.2, 0.25) is 0 Å². The molecule has 0 amide bonds. The van der Waals surface area contributed by atoms with Gasteiger partial charge in [0, 0.05) is 28.3 Å². The highest BCUT2D eigenvalue weighted by Crippen LogP contribution is 2.40. The lowest BCUT2D eigenvalue weighted by atomic mass is 10.0. The van der Waals surface area contributed by atoms with Gasteiger partial charge in [0.05, 0.1) is 16.9 Å². The molecule has 0 fully saturated rings. The van der Waals surface area contributed by atoms with E-state index in [9.17, 15) is 23.0 Å². The normalized spacial score (nSPS) is 11.2. The number of benzene rings is 4. The monoisotopic (exact) mass is 642 g/mol. The Morgan fingerprint density at radius 2 is 1.26 bits per heavy atom. The van der Waals surface area contributed by atoms with Gasteiger partial charge in [-0.2, -0.15) is 0 Å². The predicted molar refractivity (Wildman–Crippen MR) is 174 cm³/mol. The fourth-order valence-electron chi connectivity index (χ4n) is 4.87. The van der Waals surface area contributed by atoms with Gasteiger partial charge in [0.2, 0.25) is 0 Å². The van der Waals surface area contributed by atoms with Crippen LogP contribution in [0.5, 0.6) is 11.5 Å². The molecule has 0 saturated heterocycles. The molecule has 2 aromatic heterocycles. The van der Waals surface area contributed by atoms with Crippen molar-refractivity contribution in [1.82, 2.24) is 9.97 Å². The lowest BCUT2D eigenvalue weighted by Gasteiger charge is -2.15. The second-order valence-electron chi connectivity index (χ2n) is 10.3. The maximum Gasteiger partial charge on any atom is 0.573 e. The summed E-state index contributed by atoms with van der Waals surface area (Å²) in [5.74, 6) is 0.0140. The summed E-state index contributed by atoms with van der Waals surface area (Å²) in [6.45, 7) is 1.76. The number of aryl methyl sites for hydroxylation is 2. The van der Waals surface area contributed by atoms with Crippen LogP contribution < -0.4 is 9.26 Å². The smallest absolute Gasteiger partial charge is 0.426 e. The molecule has 0 aliphatic carbocycles. The third-order valence-electron chi connectivity index (χ3n) is 7.06. The number of hydrogen-bond acceptors (Lipinski definition) is 6. The quantitative estimate of drug-likeness (QED) is 0.161. The minimum absolute atomic E-state index is 0.311. The van der Waals surface area contributed by atoms with Gasteiger partial charge < -0.3 is 19.0 Å². The second-order valence-corrected chi connectivity index (χ2v) is 10.9. The van der Waals surface area contributed by atoms with Crippen LogP contribution in [0.3, 0.4) is 0 Å². The third kappa shape index (κ3) is 8.88. The van der Waals surface area contributed by atoms with Crippen molar-refractivity contribution in [2.24, 2.45) is 0 Å². The number of halogens is 3.